The summed E-state index contributed by atoms with van der Waals surface area (Å²) in [4.78, 5) is 25.9. The van der Waals surface area contributed by atoms with Crippen LogP contribution in [0.15, 0.2) is 33.3 Å². The number of piperidine rings is 1. The number of benzene rings is 1. The number of amides is 1. The number of nitrogens with one attached hydrogen (secondary N) is 1. The highest BCUT2D eigenvalue weighted by Gasteiger charge is 2.25. The van der Waals surface area contributed by atoms with Gasteiger partial charge in [-0.1, -0.05) is 13.0 Å². The minimum atomic E-state index is -0.580. The average molecular weight is 429 g/mol. The topological polar surface area (TPSA) is 83.4 Å². The zero-order valence-electron chi connectivity index (χ0n) is 17.9. The van der Waals surface area contributed by atoms with Crippen molar-refractivity contribution in [3.63, 3.8) is 0 Å². The van der Waals surface area contributed by atoms with Gasteiger partial charge in [-0.05, 0) is 85.8 Å². The second-order valence-corrected chi connectivity index (χ2v) is 8.86. The van der Waals surface area contributed by atoms with Gasteiger partial charge < -0.3 is 4.74 Å². The summed E-state index contributed by atoms with van der Waals surface area (Å²) in [6.45, 7) is 9.76. The summed E-state index contributed by atoms with van der Waals surface area (Å²) in [7, 11) is 1.26. The Kier molecular flexibility index (Phi) is 7.44. The van der Waals surface area contributed by atoms with Gasteiger partial charge in [0.15, 0.2) is 5.17 Å². The number of carbonyl (C=O) groups is 2. The van der Waals surface area contributed by atoms with Crippen molar-refractivity contribution in [3.05, 3.63) is 45.4 Å². The Labute approximate surface area is 181 Å². The van der Waals surface area contributed by atoms with E-state index in [4.69, 9.17) is 0 Å². The summed E-state index contributed by atoms with van der Waals surface area (Å²) >= 11 is 1.06. The summed E-state index contributed by atoms with van der Waals surface area (Å²) in [5.41, 5.74) is 4.72. The molecule has 160 valence electrons. The first-order chi connectivity index (χ1) is 14.4. The van der Waals surface area contributed by atoms with Crippen molar-refractivity contribution in [1.29, 1.82) is 0 Å². The summed E-state index contributed by atoms with van der Waals surface area (Å²) < 4.78 is 4.55. The molecular formula is C22H28N4O3S. The van der Waals surface area contributed by atoms with Gasteiger partial charge in [0.05, 0.1) is 18.2 Å². The number of thioether (sulfide) groups is 1. The van der Waals surface area contributed by atoms with E-state index in [0.717, 1.165) is 54.5 Å². The maximum Gasteiger partial charge on any atom is 0.331 e. The van der Waals surface area contributed by atoms with Gasteiger partial charge in [-0.15, -0.1) is 5.10 Å². The number of esters is 1. The Morgan fingerprint density at radius 2 is 2.03 bits per heavy atom. The first-order valence-corrected chi connectivity index (χ1v) is 10.9. The predicted octanol–water partition coefficient (Wildman–Crippen LogP) is 3.15. The SMILES string of the molecule is COC(=O)/C=C1/S/C(=N\N=Cc2cc(CN3CCC(C)CC3)c(C)cc2C)NC1=O. The highest BCUT2D eigenvalue weighted by molar-refractivity contribution is 8.18. The van der Waals surface area contributed by atoms with E-state index in [-0.39, 0.29) is 10.8 Å². The molecule has 1 amide bonds. The molecule has 2 aliphatic rings. The number of amidine groups is 1. The average Bonchev–Trinajstić information content (AvgIpc) is 3.05. The molecule has 7 nitrogen and oxygen atoms in total. The van der Waals surface area contributed by atoms with Crippen LogP contribution < -0.4 is 5.32 Å². The summed E-state index contributed by atoms with van der Waals surface area (Å²) in [6.07, 6.45) is 5.36. The Morgan fingerprint density at radius 1 is 1.30 bits per heavy atom. The molecule has 0 spiro atoms. The largest absolute Gasteiger partial charge is 0.466 e. The quantitative estimate of drug-likeness (QED) is 0.337. The fraction of sp³-hybridized carbons (Fsp3) is 0.455. The molecule has 0 saturated carbocycles. The molecule has 1 aromatic carbocycles. The van der Waals surface area contributed by atoms with Gasteiger partial charge >= 0.3 is 5.97 Å². The lowest BCUT2D eigenvalue weighted by atomic mass is 9.96. The van der Waals surface area contributed by atoms with E-state index >= 15 is 0 Å². The Morgan fingerprint density at radius 3 is 2.73 bits per heavy atom. The van der Waals surface area contributed by atoms with Gasteiger partial charge in [0.25, 0.3) is 5.91 Å². The van der Waals surface area contributed by atoms with Crippen LogP contribution in [0.4, 0.5) is 0 Å². The van der Waals surface area contributed by atoms with E-state index < -0.39 is 5.97 Å². The molecule has 2 saturated heterocycles. The van der Waals surface area contributed by atoms with Crippen LogP contribution in [0.5, 0.6) is 0 Å². The van der Waals surface area contributed by atoms with Crippen LogP contribution in [-0.2, 0) is 20.9 Å². The molecule has 2 fully saturated rings. The van der Waals surface area contributed by atoms with Crippen LogP contribution in [-0.4, -0.2) is 48.4 Å². The molecule has 0 aliphatic carbocycles. The standard InChI is InChI=1S/C22H28N4O3S/c1-14-5-7-26(8-6-14)13-18-10-17(15(2)9-16(18)3)12-23-25-22-24-21(28)19(30-22)11-20(27)29-4/h9-12,14H,5-8,13H2,1-4H3,(H,24,25,28)/b19-11+,23-12?. The summed E-state index contributed by atoms with van der Waals surface area (Å²) in [5.74, 6) is -0.147. The molecule has 2 heterocycles. The van der Waals surface area contributed by atoms with Gasteiger partial charge in [-0.25, -0.2) is 4.79 Å². The maximum atomic E-state index is 11.9. The Hall–Kier alpha value is -2.45. The van der Waals surface area contributed by atoms with Gasteiger partial charge in [0.1, 0.15) is 0 Å². The fourth-order valence-electron chi connectivity index (χ4n) is 3.47. The first kappa shape index (κ1) is 22.2. The van der Waals surface area contributed by atoms with Crippen LogP contribution in [0.1, 0.15) is 42.0 Å². The number of rotatable bonds is 5. The van der Waals surface area contributed by atoms with Gasteiger partial charge in [0.2, 0.25) is 0 Å². The van der Waals surface area contributed by atoms with Crippen LogP contribution in [0.25, 0.3) is 0 Å². The van der Waals surface area contributed by atoms with E-state index in [2.05, 4.69) is 58.1 Å². The van der Waals surface area contributed by atoms with E-state index in [0.29, 0.717) is 5.17 Å². The smallest absolute Gasteiger partial charge is 0.331 e. The predicted molar refractivity (Wildman–Crippen MR) is 120 cm³/mol. The third-order valence-electron chi connectivity index (χ3n) is 5.44. The van der Waals surface area contributed by atoms with Crippen molar-refractivity contribution >= 4 is 35.0 Å². The lowest BCUT2D eigenvalue weighted by Crippen LogP contribution is -2.32. The zero-order chi connectivity index (χ0) is 21.7. The van der Waals surface area contributed by atoms with E-state index in [1.165, 1.54) is 31.1 Å². The lowest BCUT2D eigenvalue weighted by molar-refractivity contribution is -0.135. The van der Waals surface area contributed by atoms with E-state index in [1.54, 1.807) is 6.21 Å². The molecule has 0 atom stereocenters. The van der Waals surface area contributed by atoms with Crippen molar-refractivity contribution < 1.29 is 14.3 Å². The number of methoxy groups -OCH3 is 1. The van der Waals surface area contributed by atoms with E-state index in [9.17, 15) is 9.59 Å². The highest BCUT2D eigenvalue weighted by Crippen LogP contribution is 2.24. The molecule has 3 rings (SSSR count). The van der Waals surface area contributed by atoms with Gasteiger partial charge in [0, 0.05) is 12.6 Å². The highest BCUT2D eigenvalue weighted by atomic mass is 32.2. The molecular weight excluding hydrogens is 400 g/mol. The number of hydrogen-bond acceptors (Lipinski definition) is 7. The Balaban J connectivity index is 1.69. The molecule has 1 N–H and O–H groups in total. The van der Waals surface area contributed by atoms with Gasteiger partial charge in [-0.3, -0.25) is 15.0 Å². The molecule has 1 aromatic rings. The second kappa shape index (κ2) is 10.0. The fourth-order valence-corrected chi connectivity index (χ4v) is 4.21. The summed E-state index contributed by atoms with van der Waals surface area (Å²) in [5, 5.41) is 11.2. The zero-order valence-corrected chi connectivity index (χ0v) is 18.7. The molecule has 30 heavy (non-hydrogen) atoms. The minimum absolute atomic E-state index is 0.237. The van der Waals surface area contributed by atoms with Crippen molar-refractivity contribution in [2.24, 2.45) is 16.1 Å². The Bertz CT molecular complexity index is 915. The molecule has 0 bridgehead atoms. The number of likely N-dealkylation sites (tertiary alicyclic amines) is 1. The minimum Gasteiger partial charge on any atom is -0.466 e. The van der Waals surface area contributed by atoms with E-state index in [1.807, 2.05) is 0 Å². The third kappa shape index (κ3) is 5.79. The number of hydrogen-bond donors (Lipinski definition) is 1. The number of carbonyl (C=O) groups excluding carboxylic acids is 2. The van der Waals surface area contributed by atoms with Crippen molar-refractivity contribution in [3.8, 4) is 0 Å². The molecule has 8 heteroatoms. The molecule has 0 unspecified atom stereocenters. The number of nitrogens with zero attached hydrogens (tertiary/aromatic N) is 3. The normalized spacial score (nSPS) is 21.0. The van der Waals surface area contributed by atoms with Crippen LogP contribution >= 0.6 is 11.8 Å². The monoisotopic (exact) mass is 428 g/mol. The number of aryl methyl sites for hydroxylation is 2. The first-order valence-electron chi connectivity index (χ1n) is 10.1. The molecule has 2 aliphatic heterocycles. The third-order valence-corrected chi connectivity index (χ3v) is 6.34. The summed E-state index contributed by atoms with van der Waals surface area (Å²) in [6, 6.07) is 4.36. The van der Waals surface area contributed by atoms with Crippen LogP contribution in [0, 0.1) is 19.8 Å². The maximum absolute atomic E-state index is 11.9. The second-order valence-electron chi connectivity index (χ2n) is 7.83. The molecule has 0 aromatic heterocycles. The van der Waals surface area contributed by atoms with Gasteiger partial charge in [-0.2, -0.15) is 5.10 Å². The van der Waals surface area contributed by atoms with Crippen molar-refractivity contribution in [1.82, 2.24) is 10.2 Å². The van der Waals surface area contributed by atoms with Crippen molar-refractivity contribution in [2.45, 2.75) is 40.2 Å². The number of ether oxygens (including phenoxy) is 1. The molecule has 0 radical (unpaired) electrons. The van der Waals surface area contributed by atoms with Crippen LogP contribution in [0.3, 0.4) is 0 Å². The van der Waals surface area contributed by atoms with Crippen molar-refractivity contribution in [2.75, 3.05) is 20.2 Å². The lowest BCUT2D eigenvalue weighted by Gasteiger charge is -2.30. The van der Waals surface area contributed by atoms with Crippen LogP contribution in [0.2, 0.25) is 0 Å².